The van der Waals surface area contributed by atoms with Crippen molar-refractivity contribution in [2.75, 3.05) is 26.2 Å². The van der Waals surface area contributed by atoms with Gasteiger partial charge in [0.1, 0.15) is 18.1 Å². The fraction of sp³-hybridized carbons (Fsp3) is 0.533. The third-order valence-electron chi connectivity index (χ3n) is 3.62. The molecule has 0 bridgehead atoms. The fourth-order valence-electron chi connectivity index (χ4n) is 2.41. The molecule has 1 aliphatic rings. The maximum absolute atomic E-state index is 11.3. The SMILES string of the molecule is CC(=O)c1ccc(OCCN2CCCC2)c(C)c1O.Cl. The molecule has 0 unspecified atom stereocenters. The van der Waals surface area contributed by atoms with Crippen molar-refractivity contribution in [2.24, 2.45) is 0 Å². The Bertz CT molecular complexity index is 470. The number of halogens is 1. The quantitative estimate of drug-likeness (QED) is 0.850. The van der Waals surface area contributed by atoms with E-state index in [0.29, 0.717) is 23.5 Å². The van der Waals surface area contributed by atoms with Crippen LogP contribution in [0, 0.1) is 6.92 Å². The van der Waals surface area contributed by atoms with Gasteiger partial charge in [-0.25, -0.2) is 0 Å². The van der Waals surface area contributed by atoms with E-state index in [1.165, 1.54) is 19.8 Å². The summed E-state index contributed by atoms with van der Waals surface area (Å²) in [4.78, 5) is 13.7. The predicted octanol–water partition coefficient (Wildman–Crippen LogP) is 2.80. The van der Waals surface area contributed by atoms with Gasteiger partial charge in [-0.3, -0.25) is 9.69 Å². The summed E-state index contributed by atoms with van der Waals surface area (Å²) in [7, 11) is 0. The first-order valence-electron chi connectivity index (χ1n) is 6.78. The summed E-state index contributed by atoms with van der Waals surface area (Å²) >= 11 is 0. The Morgan fingerprint density at radius 1 is 1.35 bits per heavy atom. The van der Waals surface area contributed by atoms with Crippen LogP contribution in [0.15, 0.2) is 12.1 Å². The molecule has 4 nitrogen and oxygen atoms in total. The Morgan fingerprint density at radius 3 is 2.60 bits per heavy atom. The molecule has 0 saturated carbocycles. The maximum Gasteiger partial charge on any atom is 0.163 e. The van der Waals surface area contributed by atoms with Crippen LogP contribution >= 0.6 is 12.4 Å². The van der Waals surface area contributed by atoms with Crippen molar-refractivity contribution in [3.05, 3.63) is 23.3 Å². The summed E-state index contributed by atoms with van der Waals surface area (Å²) in [5, 5.41) is 9.95. The Balaban J connectivity index is 0.00000200. The maximum atomic E-state index is 11.3. The fourth-order valence-corrected chi connectivity index (χ4v) is 2.41. The van der Waals surface area contributed by atoms with Gasteiger partial charge in [-0.05, 0) is 51.9 Å². The van der Waals surface area contributed by atoms with Crippen LogP contribution in [-0.4, -0.2) is 42.0 Å². The minimum Gasteiger partial charge on any atom is -0.507 e. The summed E-state index contributed by atoms with van der Waals surface area (Å²) in [6.45, 7) is 7.04. The average molecular weight is 300 g/mol. The van der Waals surface area contributed by atoms with Gasteiger partial charge in [-0.2, -0.15) is 0 Å². The number of ether oxygens (including phenoxy) is 1. The molecule has 2 rings (SSSR count). The molecule has 1 aliphatic heterocycles. The molecule has 5 heteroatoms. The molecule has 0 radical (unpaired) electrons. The van der Waals surface area contributed by atoms with Gasteiger partial charge in [-0.15, -0.1) is 12.4 Å². The van der Waals surface area contributed by atoms with Crippen LogP contribution in [-0.2, 0) is 0 Å². The number of Topliss-reactive ketones (excluding diaryl/α,β-unsaturated/α-hetero) is 1. The van der Waals surface area contributed by atoms with Crippen molar-refractivity contribution in [3.8, 4) is 11.5 Å². The summed E-state index contributed by atoms with van der Waals surface area (Å²) < 4.78 is 5.70. The molecular weight excluding hydrogens is 278 g/mol. The van der Waals surface area contributed by atoms with Crippen molar-refractivity contribution < 1.29 is 14.6 Å². The molecular formula is C15H22ClNO3. The first-order chi connectivity index (χ1) is 9.09. The highest BCUT2D eigenvalue weighted by Gasteiger charge is 2.14. The summed E-state index contributed by atoms with van der Waals surface area (Å²) in [5.41, 5.74) is 0.985. The topological polar surface area (TPSA) is 49.8 Å². The molecule has 0 aromatic heterocycles. The van der Waals surface area contributed by atoms with Gasteiger partial charge >= 0.3 is 0 Å². The summed E-state index contributed by atoms with van der Waals surface area (Å²) in [5.74, 6) is 0.553. The van der Waals surface area contributed by atoms with E-state index in [9.17, 15) is 9.90 Å². The van der Waals surface area contributed by atoms with Gasteiger partial charge < -0.3 is 9.84 Å². The zero-order chi connectivity index (χ0) is 13.8. The number of ketones is 1. The zero-order valence-corrected chi connectivity index (χ0v) is 12.8. The van der Waals surface area contributed by atoms with Crippen LogP contribution in [0.2, 0.25) is 0 Å². The predicted molar refractivity (Wildman–Crippen MR) is 81.3 cm³/mol. The van der Waals surface area contributed by atoms with Crippen LogP contribution in [0.25, 0.3) is 0 Å². The van der Waals surface area contributed by atoms with Crippen molar-refractivity contribution in [3.63, 3.8) is 0 Å². The van der Waals surface area contributed by atoms with Crippen molar-refractivity contribution in [2.45, 2.75) is 26.7 Å². The first-order valence-corrected chi connectivity index (χ1v) is 6.78. The third-order valence-corrected chi connectivity index (χ3v) is 3.62. The van der Waals surface area contributed by atoms with E-state index in [1.54, 1.807) is 19.1 Å². The van der Waals surface area contributed by atoms with E-state index in [4.69, 9.17) is 4.74 Å². The van der Waals surface area contributed by atoms with Crippen molar-refractivity contribution in [1.29, 1.82) is 0 Å². The van der Waals surface area contributed by atoms with Gasteiger partial charge in [0.25, 0.3) is 0 Å². The molecule has 1 aromatic carbocycles. The second kappa shape index (κ2) is 7.50. The largest absolute Gasteiger partial charge is 0.507 e. The number of likely N-dealkylation sites (tertiary alicyclic amines) is 1. The molecule has 0 aliphatic carbocycles. The number of benzene rings is 1. The summed E-state index contributed by atoms with van der Waals surface area (Å²) in [6.07, 6.45) is 2.54. The first kappa shape index (κ1) is 16.8. The number of hydrogen-bond acceptors (Lipinski definition) is 4. The Morgan fingerprint density at radius 2 is 2.00 bits per heavy atom. The molecule has 112 valence electrons. The number of carbonyl (C=O) groups excluding carboxylic acids is 1. The molecule has 1 heterocycles. The van der Waals surface area contributed by atoms with Gasteiger partial charge in [0.15, 0.2) is 5.78 Å². The number of hydrogen-bond donors (Lipinski definition) is 1. The van der Waals surface area contributed by atoms with Crippen LogP contribution < -0.4 is 4.74 Å². The van der Waals surface area contributed by atoms with Crippen LogP contribution in [0.5, 0.6) is 11.5 Å². The van der Waals surface area contributed by atoms with E-state index >= 15 is 0 Å². The van der Waals surface area contributed by atoms with Gasteiger partial charge in [-0.1, -0.05) is 0 Å². The minimum absolute atomic E-state index is 0. The highest BCUT2D eigenvalue weighted by Crippen LogP contribution is 2.30. The van der Waals surface area contributed by atoms with E-state index < -0.39 is 0 Å². The Hall–Kier alpha value is -1.26. The standard InChI is InChI=1S/C15H21NO3.ClH/c1-11-14(6-5-13(12(2)17)15(11)18)19-10-9-16-7-3-4-8-16;/h5-6,18H,3-4,7-10H2,1-2H3;1H. The molecule has 0 spiro atoms. The molecule has 1 fully saturated rings. The lowest BCUT2D eigenvalue weighted by molar-refractivity contribution is 0.101. The van der Waals surface area contributed by atoms with E-state index in [1.807, 2.05) is 0 Å². The number of nitrogens with zero attached hydrogens (tertiary/aromatic N) is 1. The number of carbonyl (C=O) groups is 1. The second-order valence-corrected chi connectivity index (χ2v) is 5.04. The smallest absolute Gasteiger partial charge is 0.163 e. The lowest BCUT2D eigenvalue weighted by Crippen LogP contribution is -2.25. The molecule has 1 N–H and O–H groups in total. The van der Waals surface area contributed by atoms with Gasteiger partial charge in [0.2, 0.25) is 0 Å². The average Bonchev–Trinajstić information content (AvgIpc) is 2.87. The minimum atomic E-state index is -0.135. The molecule has 1 aromatic rings. The van der Waals surface area contributed by atoms with E-state index in [0.717, 1.165) is 19.6 Å². The summed E-state index contributed by atoms with van der Waals surface area (Å²) in [6, 6.07) is 3.38. The molecule has 0 amide bonds. The Labute approximate surface area is 126 Å². The Kier molecular flexibility index (Phi) is 6.30. The van der Waals surface area contributed by atoms with Gasteiger partial charge in [0.05, 0.1) is 5.56 Å². The monoisotopic (exact) mass is 299 g/mol. The number of aromatic hydroxyl groups is 1. The second-order valence-electron chi connectivity index (χ2n) is 5.04. The lowest BCUT2D eigenvalue weighted by Gasteiger charge is -2.16. The highest BCUT2D eigenvalue weighted by atomic mass is 35.5. The number of phenolic OH excluding ortho intramolecular Hbond substituents is 1. The van der Waals surface area contributed by atoms with E-state index in [-0.39, 0.29) is 23.9 Å². The normalized spacial score (nSPS) is 14.9. The molecule has 0 atom stereocenters. The van der Waals surface area contributed by atoms with Crippen molar-refractivity contribution >= 4 is 18.2 Å². The molecule has 1 saturated heterocycles. The van der Waals surface area contributed by atoms with Crippen molar-refractivity contribution in [1.82, 2.24) is 4.90 Å². The zero-order valence-electron chi connectivity index (χ0n) is 12.0. The van der Waals surface area contributed by atoms with E-state index in [2.05, 4.69) is 4.90 Å². The lowest BCUT2D eigenvalue weighted by atomic mass is 10.1. The van der Waals surface area contributed by atoms with Crippen LogP contribution in [0.1, 0.15) is 35.7 Å². The number of phenols is 1. The third kappa shape index (κ3) is 3.87. The van der Waals surface area contributed by atoms with Crippen LogP contribution in [0.4, 0.5) is 0 Å². The highest BCUT2D eigenvalue weighted by molar-refractivity contribution is 5.97. The van der Waals surface area contributed by atoms with Crippen LogP contribution in [0.3, 0.4) is 0 Å². The number of rotatable bonds is 5. The van der Waals surface area contributed by atoms with Gasteiger partial charge in [0, 0.05) is 12.1 Å². The molecule has 20 heavy (non-hydrogen) atoms.